The number of carbonyl (C=O) groups excluding carboxylic acids is 2. The van der Waals surface area contributed by atoms with Gasteiger partial charge in [0.1, 0.15) is 0 Å². The minimum atomic E-state index is -0.360. The number of carbonyl (C=O) groups is 2. The van der Waals surface area contributed by atoms with E-state index in [1.807, 2.05) is 30.3 Å². The summed E-state index contributed by atoms with van der Waals surface area (Å²) < 4.78 is 0. The van der Waals surface area contributed by atoms with Gasteiger partial charge in [0.2, 0.25) is 11.8 Å². The Morgan fingerprint density at radius 3 is 2.36 bits per heavy atom. The molecule has 2 aliphatic rings. The van der Waals surface area contributed by atoms with E-state index in [4.69, 9.17) is 5.73 Å². The largest absolute Gasteiger partial charge is 0.370 e. The van der Waals surface area contributed by atoms with E-state index < -0.39 is 0 Å². The number of nitrogens with one attached hydrogen (secondary N) is 1. The molecule has 2 heterocycles. The third kappa shape index (κ3) is 5.72. The van der Waals surface area contributed by atoms with E-state index in [1.54, 1.807) is 4.90 Å². The Morgan fingerprint density at radius 2 is 1.76 bits per heavy atom. The van der Waals surface area contributed by atoms with Crippen molar-refractivity contribution in [3.8, 4) is 0 Å². The average molecular weight is 366 g/mol. The first-order valence-electron chi connectivity index (χ1n) is 8.96. The van der Waals surface area contributed by atoms with Crippen molar-refractivity contribution in [2.24, 2.45) is 11.7 Å². The van der Waals surface area contributed by atoms with Gasteiger partial charge in [-0.05, 0) is 37.2 Å². The molecular weight excluding hydrogens is 338 g/mol. The smallest absolute Gasteiger partial charge is 0.223 e. The summed E-state index contributed by atoms with van der Waals surface area (Å²) in [7, 11) is 0. The molecule has 2 saturated heterocycles. The van der Waals surface area contributed by atoms with Gasteiger partial charge in [0, 0.05) is 38.0 Å². The number of nitrogens with two attached hydrogens (primary N) is 1. The Bertz CT molecular complexity index is 569. The van der Waals surface area contributed by atoms with E-state index >= 15 is 0 Å². The van der Waals surface area contributed by atoms with Crippen LogP contribution in [0.2, 0.25) is 0 Å². The number of hydrogen-bond donors (Lipinski definition) is 2. The van der Waals surface area contributed by atoms with E-state index in [-0.39, 0.29) is 30.6 Å². The lowest BCUT2D eigenvalue weighted by Crippen LogP contribution is -2.41. The summed E-state index contributed by atoms with van der Waals surface area (Å²) in [6.45, 7) is 0.950. The molecule has 0 aliphatic carbocycles. The molecule has 2 aliphatic heterocycles. The molecule has 0 aromatic heterocycles. The maximum Gasteiger partial charge on any atom is 0.223 e. The maximum atomic E-state index is 12.8. The van der Waals surface area contributed by atoms with Gasteiger partial charge in [-0.2, -0.15) is 0 Å². The molecule has 6 heteroatoms. The minimum absolute atomic E-state index is 0. The normalized spacial score (nSPS) is 24.4. The Morgan fingerprint density at radius 1 is 1.12 bits per heavy atom. The summed E-state index contributed by atoms with van der Waals surface area (Å²) in [5.41, 5.74) is 6.36. The van der Waals surface area contributed by atoms with E-state index in [2.05, 4.69) is 5.32 Å². The lowest BCUT2D eigenvalue weighted by Gasteiger charge is -2.31. The Labute approximate surface area is 155 Å². The quantitative estimate of drug-likeness (QED) is 0.778. The highest BCUT2D eigenvalue weighted by Crippen LogP contribution is 2.33. The van der Waals surface area contributed by atoms with Crippen LogP contribution >= 0.6 is 12.4 Å². The van der Waals surface area contributed by atoms with Crippen LogP contribution in [0.4, 0.5) is 0 Å². The van der Waals surface area contributed by atoms with Crippen molar-refractivity contribution in [1.29, 1.82) is 0 Å². The molecule has 0 radical (unpaired) electrons. The molecule has 2 bridgehead atoms. The SMILES string of the molecule is Cl.NC(=O)CCN(Cc1ccccc1)C(=O)CC1CC2CCC(C1)N2. The van der Waals surface area contributed by atoms with Crippen molar-refractivity contribution in [2.75, 3.05) is 6.54 Å². The van der Waals surface area contributed by atoms with Gasteiger partial charge in [0.25, 0.3) is 0 Å². The lowest BCUT2D eigenvalue weighted by atomic mass is 9.89. The number of amides is 2. The fourth-order valence-electron chi connectivity index (χ4n) is 4.06. The number of hydrogen-bond acceptors (Lipinski definition) is 3. The van der Waals surface area contributed by atoms with E-state index in [9.17, 15) is 9.59 Å². The second kappa shape index (κ2) is 9.20. The number of halogens is 1. The molecule has 25 heavy (non-hydrogen) atoms. The molecule has 1 aromatic rings. The highest BCUT2D eigenvalue weighted by atomic mass is 35.5. The van der Waals surface area contributed by atoms with Gasteiger partial charge in [0.05, 0.1) is 0 Å². The van der Waals surface area contributed by atoms with Crippen molar-refractivity contribution < 1.29 is 9.59 Å². The monoisotopic (exact) mass is 365 g/mol. The van der Waals surface area contributed by atoms with Crippen LogP contribution in [0, 0.1) is 5.92 Å². The number of benzene rings is 1. The topological polar surface area (TPSA) is 75.4 Å². The van der Waals surface area contributed by atoms with E-state index in [0.29, 0.717) is 37.5 Å². The highest BCUT2D eigenvalue weighted by Gasteiger charge is 2.34. The highest BCUT2D eigenvalue weighted by molar-refractivity contribution is 5.85. The zero-order valence-corrected chi connectivity index (χ0v) is 15.3. The first-order chi connectivity index (χ1) is 11.6. The summed E-state index contributed by atoms with van der Waals surface area (Å²) in [4.78, 5) is 25.8. The van der Waals surface area contributed by atoms with Crippen LogP contribution in [-0.2, 0) is 16.1 Å². The third-order valence-corrected chi connectivity index (χ3v) is 5.23. The summed E-state index contributed by atoms with van der Waals surface area (Å²) in [5.74, 6) is 0.246. The number of fused-ring (bicyclic) bond motifs is 2. The number of primary amides is 1. The molecule has 2 atom stereocenters. The predicted molar refractivity (Wildman–Crippen MR) is 100 cm³/mol. The molecule has 2 unspecified atom stereocenters. The molecule has 3 rings (SSSR count). The zero-order chi connectivity index (χ0) is 16.9. The van der Waals surface area contributed by atoms with Crippen molar-refractivity contribution in [2.45, 2.75) is 57.2 Å². The fraction of sp³-hybridized carbons (Fsp3) is 0.579. The number of nitrogens with zero attached hydrogens (tertiary/aromatic N) is 1. The standard InChI is InChI=1S/C19H27N3O2.ClH/c20-18(23)8-9-22(13-14-4-2-1-3-5-14)19(24)12-15-10-16-6-7-17(11-15)21-16;/h1-5,15-17,21H,6-13H2,(H2,20,23);1H. The van der Waals surface area contributed by atoms with Crippen LogP contribution in [0.5, 0.6) is 0 Å². The van der Waals surface area contributed by atoms with E-state index in [0.717, 1.165) is 18.4 Å². The molecular formula is C19H28ClN3O2. The van der Waals surface area contributed by atoms with Gasteiger partial charge in [-0.25, -0.2) is 0 Å². The lowest BCUT2D eigenvalue weighted by molar-refractivity contribution is -0.133. The summed E-state index contributed by atoms with van der Waals surface area (Å²) in [5, 5.41) is 3.62. The molecule has 0 saturated carbocycles. The predicted octanol–water partition coefficient (Wildman–Crippen LogP) is 2.23. The molecule has 1 aromatic carbocycles. The Balaban J connectivity index is 0.00000225. The van der Waals surface area contributed by atoms with Crippen LogP contribution in [-0.4, -0.2) is 35.3 Å². The molecule has 2 amide bonds. The molecule has 5 nitrogen and oxygen atoms in total. The van der Waals surface area contributed by atoms with Crippen LogP contribution in [0.25, 0.3) is 0 Å². The summed E-state index contributed by atoms with van der Waals surface area (Å²) >= 11 is 0. The van der Waals surface area contributed by atoms with Crippen LogP contribution in [0.15, 0.2) is 30.3 Å². The van der Waals surface area contributed by atoms with Gasteiger partial charge in [-0.1, -0.05) is 30.3 Å². The van der Waals surface area contributed by atoms with Gasteiger partial charge >= 0.3 is 0 Å². The first-order valence-corrected chi connectivity index (χ1v) is 8.96. The minimum Gasteiger partial charge on any atom is -0.370 e. The van der Waals surface area contributed by atoms with Gasteiger partial charge in [-0.3, -0.25) is 9.59 Å². The fourth-order valence-corrected chi connectivity index (χ4v) is 4.06. The molecule has 3 N–H and O–H groups in total. The Hall–Kier alpha value is -1.59. The zero-order valence-electron chi connectivity index (χ0n) is 14.5. The van der Waals surface area contributed by atoms with Crippen molar-refractivity contribution in [3.63, 3.8) is 0 Å². The molecule has 138 valence electrons. The number of piperidine rings is 1. The van der Waals surface area contributed by atoms with Crippen molar-refractivity contribution in [3.05, 3.63) is 35.9 Å². The summed E-state index contributed by atoms with van der Waals surface area (Å²) in [6.07, 6.45) is 5.47. The van der Waals surface area contributed by atoms with Gasteiger partial charge < -0.3 is 16.0 Å². The van der Waals surface area contributed by atoms with Crippen LogP contribution < -0.4 is 11.1 Å². The third-order valence-electron chi connectivity index (χ3n) is 5.23. The Kier molecular flexibility index (Phi) is 7.26. The molecule has 0 spiro atoms. The first kappa shape index (κ1) is 19.7. The van der Waals surface area contributed by atoms with Crippen LogP contribution in [0.3, 0.4) is 0 Å². The van der Waals surface area contributed by atoms with E-state index in [1.165, 1.54) is 12.8 Å². The second-order valence-corrected chi connectivity index (χ2v) is 7.20. The van der Waals surface area contributed by atoms with Crippen LogP contribution in [0.1, 0.15) is 44.1 Å². The van der Waals surface area contributed by atoms with Crippen molar-refractivity contribution >= 4 is 24.2 Å². The van der Waals surface area contributed by atoms with Gasteiger partial charge in [0.15, 0.2) is 0 Å². The number of rotatable bonds is 7. The van der Waals surface area contributed by atoms with Crippen molar-refractivity contribution in [1.82, 2.24) is 10.2 Å². The molecule has 2 fully saturated rings. The maximum absolute atomic E-state index is 12.8. The van der Waals surface area contributed by atoms with Gasteiger partial charge in [-0.15, -0.1) is 12.4 Å². The summed E-state index contributed by atoms with van der Waals surface area (Å²) in [6, 6.07) is 11.1. The second-order valence-electron chi connectivity index (χ2n) is 7.20. The average Bonchev–Trinajstić information content (AvgIpc) is 2.90.